The molecule has 132 valence electrons. The van der Waals surface area contributed by atoms with Gasteiger partial charge in [-0.3, -0.25) is 9.59 Å². The van der Waals surface area contributed by atoms with Crippen molar-refractivity contribution in [3.63, 3.8) is 0 Å². The molecule has 1 aliphatic rings. The van der Waals surface area contributed by atoms with Gasteiger partial charge in [-0.1, -0.05) is 0 Å². The zero-order valence-electron chi connectivity index (χ0n) is 14.1. The van der Waals surface area contributed by atoms with E-state index in [1.54, 1.807) is 47.6 Å². The van der Waals surface area contributed by atoms with Gasteiger partial charge in [-0.15, -0.1) is 0 Å². The number of hydrogen-bond donors (Lipinski definition) is 1. The fourth-order valence-electron chi connectivity index (χ4n) is 2.69. The van der Waals surface area contributed by atoms with E-state index in [0.717, 1.165) is 0 Å². The van der Waals surface area contributed by atoms with E-state index in [4.69, 9.17) is 5.26 Å². The van der Waals surface area contributed by atoms with Gasteiger partial charge >= 0.3 is 0 Å². The lowest BCUT2D eigenvalue weighted by Crippen LogP contribution is -2.49. The number of anilines is 2. The van der Waals surface area contributed by atoms with Crippen LogP contribution in [0.2, 0.25) is 0 Å². The monoisotopic (exact) mass is 350 g/mol. The zero-order valence-corrected chi connectivity index (χ0v) is 14.1. The Bertz CT molecular complexity index is 808. The maximum Gasteiger partial charge on any atom is 0.233 e. The highest BCUT2D eigenvalue weighted by molar-refractivity contribution is 6.03. The lowest BCUT2D eigenvalue weighted by molar-refractivity contribution is -0.134. The smallest absolute Gasteiger partial charge is 0.233 e. The summed E-state index contributed by atoms with van der Waals surface area (Å²) < 4.78 is 0. The Labute approximate surface area is 151 Å². The molecule has 1 saturated heterocycles. The van der Waals surface area contributed by atoms with Crippen LogP contribution in [0.25, 0.3) is 0 Å². The van der Waals surface area contributed by atoms with Crippen LogP contribution in [0.4, 0.5) is 11.6 Å². The second-order valence-electron chi connectivity index (χ2n) is 5.83. The van der Waals surface area contributed by atoms with Crippen molar-refractivity contribution in [1.82, 2.24) is 14.9 Å². The van der Waals surface area contributed by atoms with Gasteiger partial charge in [0.1, 0.15) is 6.42 Å². The summed E-state index contributed by atoms with van der Waals surface area (Å²) in [7, 11) is 0. The number of carbonyl (C=O) groups is 2. The Morgan fingerprint density at radius 1 is 1.08 bits per heavy atom. The number of rotatable bonds is 4. The van der Waals surface area contributed by atoms with Crippen LogP contribution in [0, 0.1) is 11.3 Å². The third-order valence-electron chi connectivity index (χ3n) is 4.08. The number of nitriles is 1. The number of amides is 2. The van der Waals surface area contributed by atoms with Gasteiger partial charge in [0.15, 0.2) is 0 Å². The summed E-state index contributed by atoms with van der Waals surface area (Å²) in [6.07, 6.45) is 3.17. The average molecular weight is 350 g/mol. The topological polar surface area (TPSA) is 102 Å². The first-order valence-corrected chi connectivity index (χ1v) is 8.25. The number of aromatic nitrogens is 2. The molecule has 0 spiro atoms. The molecule has 0 aliphatic carbocycles. The lowest BCUT2D eigenvalue weighted by atomic mass is 10.2. The molecule has 1 N–H and O–H groups in total. The molecule has 1 aromatic carbocycles. The number of nitrogens with zero attached hydrogens (tertiary/aromatic N) is 5. The maximum absolute atomic E-state index is 12.3. The Hall–Kier alpha value is -3.47. The maximum atomic E-state index is 12.3. The number of hydrogen-bond acceptors (Lipinski definition) is 6. The predicted octanol–water partition coefficient (Wildman–Crippen LogP) is 1.03. The largest absolute Gasteiger partial charge is 0.339 e. The third-order valence-corrected chi connectivity index (χ3v) is 4.08. The first-order valence-electron chi connectivity index (χ1n) is 8.25. The van der Waals surface area contributed by atoms with Gasteiger partial charge in [0.25, 0.3) is 0 Å². The minimum absolute atomic E-state index is 0.204. The molecule has 0 bridgehead atoms. The molecule has 0 saturated carbocycles. The highest BCUT2D eigenvalue weighted by atomic mass is 16.2. The van der Waals surface area contributed by atoms with E-state index in [1.165, 1.54) is 0 Å². The highest BCUT2D eigenvalue weighted by Gasteiger charge is 2.23. The van der Waals surface area contributed by atoms with Gasteiger partial charge in [0.05, 0.1) is 11.6 Å². The van der Waals surface area contributed by atoms with Crippen molar-refractivity contribution in [1.29, 1.82) is 5.26 Å². The van der Waals surface area contributed by atoms with Crippen LogP contribution < -0.4 is 10.2 Å². The average Bonchev–Trinajstić information content (AvgIpc) is 2.69. The van der Waals surface area contributed by atoms with E-state index in [9.17, 15) is 9.59 Å². The van der Waals surface area contributed by atoms with Crippen molar-refractivity contribution in [2.24, 2.45) is 0 Å². The summed E-state index contributed by atoms with van der Waals surface area (Å²) in [5.41, 5.74) is 1.08. The molecular weight excluding hydrogens is 332 g/mol. The normalized spacial score (nSPS) is 13.8. The second-order valence-corrected chi connectivity index (χ2v) is 5.83. The second kappa shape index (κ2) is 8.07. The number of piperazine rings is 1. The van der Waals surface area contributed by atoms with Crippen LogP contribution in [0.15, 0.2) is 42.7 Å². The van der Waals surface area contributed by atoms with Gasteiger partial charge < -0.3 is 15.1 Å². The van der Waals surface area contributed by atoms with Gasteiger partial charge in [-0.25, -0.2) is 9.97 Å². The number of carbonyl (C=O) groups excluding carboxylic acids is 2. The molecular formula is C18H18N6O2. The van der Waals surface area contributed by atoms with Crippen molar-refractivity contribution >= 4 is 23.5 Å². The summed E-state index contributed by atoms with van der Waals surface area (Å²) >= 11 is 0. The fraction of sp³-hybridized carbons (Fsp3) is 0.278. The molecule has 1 aliphatic heterocycles. The van der Waals surface area contributed by atoms with E-state index in [1.807, 2.05) is 11.0 Å². The fourth-order valence-corrected chi connectivity index (χ4v) is 2.69. The molecule has 8 nitrogen and oxygen atoms in total. The van der Waals surface area contributed by atoms with Gasteiger partial charge in [-0.05, 0) is 30.3 Å². The molecule has 2 amide bonds. The van der Waals surface area contributed by atoms with Crippen LogP contribution in [-0.2, 0) is 9.59 Å². The van der Waals surface area contributed by atoms with Crippen molar-refractivity contribution < 1.29 is 9.59 Å². The van der Waals surface area contributed by atoms with Gasteiger partial charge in [-0.2, -0.15) is 5.26 Å². The molecule has 0 radical (unpaired) electrons. The lowest BCUT2D eigenvalue weighted by Gasteiger charge is -2.34. The van der Waals surface area contributed by atoms with Crippen LogP contribution >= 0.6 is 0 Å². The Morgan fingerprint density at radius 3 is 2.35 bits per heavy atom. The summed E-state index contributed by atoms with van der Waals surface area (Å²) in [6, 6.07) is 10.3. The zero-order chi connectivity index (χ0) is 18.4. The molecule has 26 heavy (non-hydrogen) atoms. The highest BCUT2D eigenvalue weighted by Crippen LogP contribution is 2.12. The van der Waals surface area contributed by atoms with Gasteiger partial charge in [0, 0.05) is 44.3 Å². The van der Waals surface area contributed by atoms with Crippen molar-refractivity contribution in [2.75, 3.05) is 36.4 Å². The minimum Gasteiger partial charge on any atom is -0.339 e. The van der Waals surface area contributed by atoms with Crippen LogP contribution in [-0.4, -0.2) is 52.9 Å². The molecule has 2 aromatic rings. The molecule has 3 rings (SSSR count). The first kappa shape index (κ1) is 17.4. The number of nitrogens with one attached hydrogen (secondary N) is 1. The van der Waals surface area contributed by atoms with E-state index in [2.05, 4.69) is 15.3 Å². The van der Waals surface area contributed by atoms with Crippen LogP contribution in [0.5, 0.6) is 0 Å². The van der Waals surface area contributed by atoms with E-state index >= 15 is 0 Å². The predicted molar refractivity (Wildman–Crippen MR) is 95.2 cm³/mol. The standard InChI is InChI=1S/C18H18N6O2/c19-13-14-2-4-15(5-3-14)22-16(25)12-17(26)23-8-10-24(11-9-23)18-20-6-1-7-21-18/h1-7H,8-12H2,(H,22,25). The summed E-state index contributed by atoms with van der Waals surface area (Å²) in [4.78, 5) is 36.5. The molecule has 1 aromatic heterocycles. The van der Waals surface area contributed by atoms with E-state index in [0.29, 0.717) is 43.4 Å². The summed E-state index contributed by atoms with van der Waals surface area (Å²) in [5, 5.41) is 11.4. The van der Waals surface area contributed by atoms with Crippen molar-refractivity contribution in [3.8, 4) is 6.07 Å². The Morgan fingerprint density at radius 2 is 1.73 bits per heavy atom. The molecule has 2 heterocycles. The van der Waals surface area contributed by atoms with Crippen LogP contribution in [0.1, 0.15) is 12.0 Å². The summed E-state index contributed by atoms with van der Waals surface area (Å²) in [6.45, 7) is 2.32. The molecule has 0 unspecified atom stereocenters. The van der Waals surface area contributed by atoms with Crippen LogP contribution in [0.3, 0.4) is 0 Å². The molecule has 8 heteroatoms. The molecule has 0 atom stereocenters. The van der Waals surface area contributed by atoms with Crippen molar-refractivity contribution in [2.45, 2.75) is 6.42 Å². The summed E-state index contributed by atoms with van der Waals surface area (Å²) in [5.74, 6) is 0.0801. The number of benzene rings is 1. The minimum atomic E-state index is -0.367. The Balaban J connectivity index is 1.47. The SMILES string of the molecule is N#Cc1ccc(NC(=O)CC(=O)N2CCN(c3ncccn3)CC2)cc1. The first-order chi connectivity index (χ1) is 12.7. The van der Waals surface area contributed by atoms with Gasteiger partial charge in [0.2, 0.25) is 17.8 Å². The molecule has 1 fully saturated rings. The quantitative estimate of drug-likeness (QED) is 0.826. The van der Waals surface area contributed by atoms with Crippen molar-refractivity contribution in [3.05, 3.63) is 48.3 Å². The Kier molecular flexibility index (Phi) is 5.39. The van der Waals surface area contributed by atoms with E-state index < -0.39 is 0 Å². The third kappa shape index (κ3) is 4.33. The van der Waals surface area contributed by atoms with E-state index in [-0.39, 0.29) is 18.2 Å².